The molecule has 0 aliphatic heterocycles. The van der Waals surface area contributed by atoms with Gasteiger partial charge >= 0.3 is 0 Å². The van der Waals surface area contributed by atoms with Gasteiger partial charge in [-0.05, 0) is 40.1 Å². The maximum atomic E-state index is 6.21. The van der Waals surface area contributed by atoms with Gasteiger partial charge in [0.15, 0.2) is 17.5 Å². The molecule has 0 aliphatic carbocycles. The van der Waals surface area contributed by atoms with Crippen molar-refractivity contribution in [3.05, 3.63) is 140 Å². The van der Waals surface area contributed by atoms with E-state index in [0.29, 0.717) is 17.5 Å². The summed E-state index contributed by atoms with van der Waals surface area (Å²) in [6.45, 7) is 0. The molecule has 4 nitrogen and oxygen atoms in total. The van der Waals surface area contributed by atoms with Crippen LogP contribution in [0.25, 0.3) is 78.0 Å². The SMILES string of the molecule is c1ccc(-c2nc(-c3ccc4ccccc4c3)nc(-c3ccccc3-c3cccc4oc5ccccc5c34)n2)cc1. The van der Waals surface area contributed by atoms with Crippen LogP contribution in [0.3, 0.4) is 0 Å². The molecular formula is C37H23N3O. The molecule has 4 heteroatoms. The van der Waals surface area contributed by atoms with E-state index in [0.717, 1.165) is 55.1 Å². The summed E-state index contributed by atoms with van der Waals surface area (Å²) in [5.74, 6) is 1.91. The standard InChI is InChI=1S/C37H23N3O/c1-2-12-25(13-3-1)35-38-36(27-22-21-24-11-4-5-14-26(24)23-27)40-37(39-35)30-16-7-6-15-28(30)29-18-10-20-33-34(29)31-17-8-9-19-32(31)41-33/h1-23H. The maximum Gasteiger partial charge on any atom is 0.164 e. The lowest BCUT2D eigenvalue weighted by Crippen LogP contribution is -2.01. The molecule has 0 fully saturated rings. The van der Waals surface area contributed by atoms with Crippen LogP contribution in [-0.4, -0.2) is 15.0 Å². The number of rotatable bonds is 4. The second kappa shape index (κ2) is 9.54. The van der Waals surface area contributed by atoms with Crippen molar-refractivity contribution in [3.63, 3.8) is 0 Å². The summed E-state index contributed by atoms with van der Waals surface area (Å²) in [6.07, 6.45) is 0. The van der Waals surface area contributed by atoms with Crippen LogP contribution in [0.15, 0.2) is 144 Å². The van der Waals surface area contributed by atoms with Crippen LogP contribution in [-0.2, 0) is 0 Å². The monoisotopic (exact) mass is 525 g/mol. The molecule has 192 valence electrons. The highest BCUT2D eigenvalue weighted by molar-refractivity contribution is 6.13. The van der Waals surface area contributed by atoms with Gasteiger partial charge < -0.3 is 4.42 Å². The Hall–Kier alpha value is -5.61. The second-order valence-electron chi connectivity index (χ2n) is 10.1. The van der Waals surface area contributed by atoms with Gasteiger partial charge in [0, 0.05) is 27.5 Å². The number of hydrogen-bond acceptors (Lipinski definition) is 4. The topological polar surface area (TPSA) is 51.8 Å². The molecule has 0 unspecified atom stereocenters. The van der Waals surface area contributed by atoms with Gasteiger partial charge in [0.2, 0.25) is 0 Å². The van der Waals surface area contributed by atoms with Crippen LogP contribution in [0.2, 0.25) is 0 Å². The van der Waals surface area contributed by atoms with E-state index in [4.69, 9.17) is 19.4 Å². The number of para-hydroxylation sites is 1. The number of aromatic nitrogens is 3. The number of hydrogen-bond donors (Lipinski definition) is 0. The zero-order valence-electron chi connectivity index (χ0n) is 22.0. The lowest BCUT2D eigenvalue weighted by molar-refractivity contribution is 0.669. The fraction of sp³-hybridized carbons (Fsp3) is 0. The van der Waals surface area contributed by atoms with E-state index >= 15 is 0 Å². The molecule has 0 radical (unpaired) electrons. The molecule has 0 bridgehead atoms. The number of nitrogens with zero attached hydrogens (tertiary/aromatic N) is 3. The predicted molar refractivity (Wildman–Crippen MR) is 166 cm³/mol. The second-order valence-corrected chi connectivity index (χ2v) is 10.1. The third kappa shape index (κ3) is 4.05. The van der Waals surface area contributed by atoms with Crippen LogP contribution in [0.5, 0.6) is 0 Å². The first-order valence-corrected chi connectivity index (χ1v) is 13.6. The molecule has 8 aromatic rings. The van der Waals surface area contributed by atoms with Crippen molar-refractivity contribution in [2.75, 3.05) is 0 Å². The molecule has 0 spiro atoms. The molecule has 0 aliphatic rings. The van der Waals surface area contributed by atoms with Crippen molar-refractivity contribution in [1.29, 1.82) is 0 Å². The highest BCUT2D eigenvalue weighted by Crippen LogP contribution is 2.40. The molecular weight excluding hydrogens is 502 g/mol. The third-order valence-electron chi connectivity index (χ3n) is 7.54. The third-order valence-corrected chi connectivity index (χ3v) is 7.54. The summed E-state index contributed by atoms with van der Waals surface area (Å²) in [5.41, 5.74) is 6.68. The first-order valence-electron chi connectivity index (χ1n) is 13.6. The largest absolute Gasteiger partial charge is 0.456 e. The van der Waals surface area contributed by atoms with Crippen LogP contribution >= 0.6 is 0 Å². The van der Waals surface area contributed by atoms with E-state index in [-0.39, 0.29) is 0 Å². The van der Waals surface area contributed by atoms with Crippen molar-refractivity contribution in [1.82, 2.24) is 15.0 Å². The number of benzene rings is 6. The lowest BCUT2D eigenvalue weighted by atomic mass is 9.95. The predicted octanol–water partition coefficient (Wildman–Crippen LogP) is 9.59. The van der Waals surface area contributed by atoms with Crippen LogP contribution in [0.4, 0.5) is 0 Å². The molecule has 0 saturated carbocycles. The van der Waals surface area contributed by atoms with Gasteiger partial charge in [0.1, 0.15) is 11.2 Å². The van der Waals surface area contributed by atoms with Gasteiger partial charge in [0.25, 0.3) is 0 Å². The Morgan fingerprint density at radius 2 is 1.02 bits per heavy atom. The minimum Gasteiger partial charge on any atom is -0.456 e. The fourth-order valence-corrected chi connectivity index (χ4v) is 5.58. The highest BCUT2D eigenvalue weighted by Gasteiger charge is 2.18. The minimum atomic E-state index is 0.627. The Kier molecular flexibility index (Phi) is 5.42. The normalized spacial score (nSPS) is 11.4. The van der Waals surface area contributed by atoms with Crippen LogP contribution < -0.4 is 0 Å². The smallest absolute Gasteiger partial charge is 0.164 e. The summed E-state index contributed by atoms with van der Waals surface area (Å²) < 4.78 is 6.21. The number of fused-ring (bicyclic) bond motifs is 4. The van der Waals surface area contributed by atoms with Gasteiger partial charge in [0.05, 0.1) is 0 Å². The lowest BCUT2D eigenvalue weighted by Gasteiger charge is -2.13. The summed E-state index contributed by atoms with van der Waals surface area (Å²) in [6, 6.07) is 47.5. The molecule has 2 heterocycles. The average molecular weight is 526 g/mol. The van der Waals surface area contributed by atoms with E-state index in [1.807, 2.05) is 66.7 Å². The summed E-state index contributed by atoms with van der Waals surface area (Å²) in [7, 11) is 0. The Balaban J connectivity index is 1.38. The molecule has 6 aromatic carbocycles. The Morgan fingerprint density at radius 3 is 1.90 bits per heavy atom. The number of furan rings is 1. The van der Waals surface area contributed by atoms with Gasteiger partial charge in [-0.25, -0.2) is 15.0 Å². The highest BCUT2D eigenvalue weighted by atomic mass is 16.3. The van der Waals surface area contributed by atoms with E-state index in [1.165, 1.54) is 5.39 Å². The molecule has 0 saturated heterocycles. The first-order chi connectivity index (χ1) is 20.3. The van der Waals surface area contributed by atoms with Gasteiger partial charge in [-0.1, -0.05) is 121 Å². The van der Waals surface area contributed by atoms with Crippen molar-refractivity contribution < 1.29 is 4.42 Å². The van der Waals surface area contributed by atoms with Crippen molar-refractivity contribution >= 4 is 32.7 Å². The van der Waals surface area contributed by atoms with E-state index in [2.05, 4.69) is 72.8 Å². The summed E-state index contributed by atoms with van der Waals surface area (Å²) >= 11 is 0. The molecule has 0 amide bonds. The van der Waals surface area contributed by atoms with Crippen LogP contribution in [0.1, 0.15) is 0 Å². The van der Waals surface area contributed by atoms with Gasteiger partial charge in [-0.3, -0.25) is 0 Å². The Morgan fingerprint density at radius 1 is 0.390 bits per heavy atom. The van der Waals surface area contributed by atoms with Gasteiger partial charge in [-0.15, -0.1) is 0 Å². The van der Waals surface area contributed by atoms with E-state index in [1.54, 1.807) is 0 Å². The van der Waals surface area contributed by atoms with Crippen LogP contribution in [0, 0.1) is 0 Å². The van der Waals surface area contributed by atoms with Crippen molar-refractivity contribution in [2.24, 2.45) is 0 Å². The first kappa shape index (κ1) is 23.3. The molecule has 0 atom stereocenters. The average Bonchev–Trinajstić information content (AvgIpc) is 3.44. The van der Waals surface area contributed by atoms with E-state index < -0.39 is 0 Å². The quantitative estimate of drug-likeness (QED) is 0.230. The zero-order chi connectivity index (χ0) is 27.2. The maximum absolute atomic E-state index is 6.21. The Labute approximate surface area is 236 Å². The molecule has 8 rings (SSSR count). The van der Waals surface area contributed by atoms with Crippen molar-refractivity contribution in [3.8, 4) is 45.3 Å². The summed E-state index contributed by atoms with van der Waals surface area (Å²) in [4.78, 5) is 15.1. The minimum absolute atomic E-state index is 0.627. The fourth-order valence-electron chi connectivity index (χ4n) is 5.58. The van der Waals surface area contributed by atoms with Gasteiger partial charge in [-0.2, -0.15) is 0 Å². The molecule has 41 heavy (non-hydrogen) atoms. The van der Waals surface area contributed by atoms with E-state index in [9.17, 15) is 0 Å². The molecule has 0 N–H and O–H groups in total. The molecule has 2 aromatic heterocycles. The summed E-state index contributed by atoms with van der Waals surface area (Å²) in [5, 5.41) is 4.50. The Bertz CT molecular complexity index is 2220. The van der Waals surface area contributed by atoms with Crippen molar-refractivity contribution in [2.45, 2.75) is 0 Å². The zero-order valence-corrected chi connectivity index (χ0v) is 22.0.